The second kappa shape index (κ2) is 7.45. The van der Waals surface area contributed by atoms with E-state index >= 15 is 0 Å². The lowest BCUT2D eigenvalue weighted by atomic mass is 10.1. The molecule has 0 aliphatic carbocycles. The van der Waals surface area contributed by atoms with Crippen molar-refractivity contribution in [1.29, 1.82) is 0 Å². The zero-order valence-corrected chi connectivity index (χ0v) is 12.6. The van der Waals surface area contributed by atoms with Gasteiger partial charge in [-0.3, -0.25) is 4.79 Å². The van der Waals surface area contributed by atoms with Crippen LogP contribution in [0.5, 0.6) is 11.5 Å². The van der Waals surface area contributed by atoms with Crippen molar-refractivity contribution in [2.45, 2.75) is 12.8 Å². The molecule has 0 saturated carbocycles. The first-order valence-electron chi connectivity index (χ1n) is 6.90. The molecule has 0 aromatic heterocycles. The molecule has 0 saturated heterocycles. The zero-order valence-electron chi connectivity index (χ0n) is 12.6. The summed E-state index contributed by atoms with van der Waals surface area (Å²) in [4.78, 5) is 12.0. The maximum absolute atomic E-state index is 13.5. The minimum atomic E-state index is -0.453. The standard InChI is InChI=1S/C17H18FNO3/c1-21-15-8-5-9-16(22-2)12(15)10-11-17(20)19-14-7-4-3-6-13(14)18/h3-9H,10-11H2,1-2H3,(H,19,20). The maximum Gasteiger partial charge on any atom is 0.224 e. The number of methoxy groups -OCH3 is 2. The molecule has 1 amide bonds. The number of anilines is 1. The number of hydrogen-bond acceptors (Lipinski definition) is 3. The van der Waals surface area contributed by atoms with Gasteiger partial charge in [-0.2, -0.15) is 0 Å². The van der Waals surface area contributed by atoms with Crippen LogP contribution in [-0.4, -0.2) is 20.1 Å². The summed E-state index contributed by atoms with van der Waals surface area (Å²) in [7, 11) is 3.13. The van der Waals surface area contributed by atoms with E-state index in [9.17, 15) is 9.18 Å². The highest BCUT2D eigenvalue weighted by atomic mass is 19.1. The Hall–Kier alpha value is -2.56. The molecule has 0 heterocycles. The SMILES string of the molecule is COc1cccc(OC)c1CCC(=O)Nc1ccccc1F. The molecule has 2 aromatic rings. The first-order valence-corrected chi connectivity index (χ1v) is 6.90. The van der Waals surface area contributed by atoms with E-state index in [-0.39, 0.29) is 18.0 Å². The van der Waals surface area contributed by atoms with Crippen molar-refractivity contribution in [3.8, 4) is 11.5 Å². The summed E-state index contributed by atoms with van der Waals surface area (Å²) in [6, 6.07) is 11.5. The fourth-order valence-electron chi connectivity index (χ4n) is 2.19. The Morgan fingerprint density at radius 1 is 1.05 bits per heavy atom. The molecule has 22 heavy (non-hydrogen) atoms. The van der Waals surface area contributed by atoms with E-state index in [1.54, 1.807) is 26.4 Å². The van der Waals surface area contributed by atoms with Crippen LogP contribution in [0.2, 0.25) is 0 Å². The number of para-hydroxylation sites is 1. The van der Waals surface area contributed by atoms with Crippen LogP contribution in [0.15, 0.2) is 42.5 Å². The van der Waals surface area contributed by atoms with Crippen LogP contribution >= 0.6 is 0 Å². The maximum atomic E-state index is 13.5. The van der Waals surface area contributed by atoms with Crippen molar-refractivity contribution in [2.24, 2.45) is 0 Å². The lowest BCUT2D eigenvalue weighted by Crippen LogP contribution is -2.13. The molecule has 0 aliphatic rings. The Balaban J connectivity index is 2.04. The molecule has 5 heteroatoms. The molecular weight excluding hydrogens is 285 g/mol. The number of carbonyl (C=O) groups excluding carboxylic acids is 1. The Morgan fingerprint density at radius 3 is 2.27 bits per heavy atom. The van der Waals surface area contributed by atoms with Crippen LogP contribution in [-0.2, 0) is 11.2 Å². The van der Waals surface area contributed by atoms with Crippen LogP contribution in [0.4, 0.5) is 10.1 Å². The minimum Gasteiger partial charge on any atom is -0.496 e. The van der Waals surface area contributed by atoms with Gasteiger partial charge in [0, 0.05) is 12.0 Å². The molecular formula is C17H18FNO3. The van der Waals surface area contributed by atoms with E-state index in [0.29, 0.717) is 17.9 Å². The summed E-state index contributed by atoms with van der Waals surface area (Å²) in [6.07, 6.45) is 0.637. The van der Waals surface area contributed by atoms with Gasteiger partial charge in [0.2, 0.25) is 5.91 Å². The molecule has 2 rings (SSSR count). The highest BCUT2D eigenvalue weighted by Crippen LogP contribution is 2.29. The first kappa shape index (κ1) is 15.8. The van der Waals surface area contributed by atoms with Gasteiger partial charge in [0.1, 0.15) is 17.3 Å². The van der Waals surface area contributed by atoms with Crippen molar-refractivity contribution in [3.05, 3.63) is 53.8 Å². The molecule has 0 spiro atoms. The largest absolute Gasteiger partial charge is 0.496 e. The van der Waals surface area contributed by atoms with Crippen molar-refractivity contribution in [3.63, 3.8) is 0 Å². The van der Waals surface area contributed by atoms with Gasteiger partial charge in [-0.25, -0.2) is 4.39 Å². The second-order valence-corrected chi connectivity index (χ2v) is 4.67. The number of nitrogens with one attached hydrogen (secondary N) is 1. The summed E-state index contributed by atoms with van der Waals surface area (Å²) in [5, 5.41) is 2.56. The van der Waals surface area contributed by atoms with Gasteiger partial charge in [-0.15, -0.1) is 0 Å². The first-order chi connectivity index (χ1) is 10.7. The minimum absolute atomic E-state index is 0.180. The van der Waals surface area contributed by atoms with Gasteiger partial charge in [-0.1, -0.05) is 18.2 Å². The molecule has 0 bridgehead atoms. The molecule has 2 aromatic carbocycles. The number of halogens is 1. The van der Waals surface area contributed by atoms with Gasteiger partial charge in [0.05, 0.1) is 19.9 Å². The number of carbonyl (C=O) groups is 1. The van der Waals surface area contributed by atoms with Gasteiger partial charge in [0.25, 0.3) is 0 Å². The Morgan fingerprint density at radius 2 is 1.68 bits per heavy atom. The van der Waals surface area contributed by atoms with Crippen LogP contribution < -0.4 is 14.8 Å². The highest BCUT2D eigenvalue weighted by Gasteiger charge is 2.12. The summed E-state index contributed by atoms with van der Waals surface area (Å²) >= 11 is 0. The summed E-state index contributed by atoms with van der Waals surface area (Å²) in [6.45, 7) is 0. The average molecular weight is 303 g/mol. The van der Waals surface area contributed by atoms with E-state index < -0.39 is 5.82 Å². The molecule has 0 radical (unpaired) electrons. The van der Waals surface area contributed by atoms with Gasteiger partial charge < -0.3 is 14.8 Å². The van der Waals surface area contributed by atoms with Gasteiger partial charge in [-0.05, 0) is 30.7 Å². The van der Waals surface area contributed by atoms with Crippen molar-refractivity contribution >= 4 is 11.6 Å². The smallest absolute Gasteiger partial charge is 0.224 e. The van der Waals surface area contributed by atoms with E-state index in [4.69, 9.17) is 9.47 Å². The number of ether oxygens (including phenoxy) is 2. The monoisotopic (exact) mass is 303 g/mol. The Labute approximate surface area is 128 Å². The topological polar surface area (TPSA) is 47.6 Å². The summed E-state index contributed by atoms with van der Waals surface area (Å²) in [5.74, 6) is 0.611. The third kappa shape index (κ3) is 3.75. The quantitative estimate of drug-likeness (QED) is 0.889. The number of benzene rings is 2. The molecule has 0 atom stereocenters. The van der Waals surface area contributed by atoms with Crippen LogP contribution in [0.1, 0.15) is 12.0 Å². The number of amides is 1. The van der Waals surface area contributed by atoms with E-state index in [2.05, 4.69) is 5.32 Å². The zero-order chi connectivity index (χ0) is 15.9. The van der Waals surface area contributed by atoms with E-state index in [1.807, 2.05) is 18.2 Å². The number of rotatable bonds is 6. The predicted octanol–water partition coefficient (Wildman–Crippen LogP) is 3.41. The van der Waals surface area contributed by atoms with E-state index in [0.717, 1.165) is 5.56 Å². The lowest BCUT2D eigenvalue weighted by Gasteiger charge is -2.13. The second-order valence-electron chi connectivity index (χ2n) is 4.67. The van der Waals surface area contributed by atoms with Crippen LogP contribution in [0, 0.1) is 5.82 Å². The molecule has 0 aliphatic heterocycles. The van der Waals surface area contributed by atoms with E-state index in [1.165, 1.54) is 12.1 Å². The Kier molecular flexibility index (Phi) is 5.36. The molecule has 0 unspecified atom stereocenters. The fraction of sp³-hybridized carbons (Fsp3) is 0.235. The van der Waals surface area contributed by atoms with Crippen LogP contribution in [0.3, 0.4) is 0 Å². The molecule has 1 N–H and O–H groups in total. The predicted molar refractivity (Wildman–Crippen MR) is 82.9 cm³/mol. The molecule has 116 valence electrons. The van der Waals surface area contributed by atoms with Crippen molar-refractivity contribution in [2.75, 3.05) is 19.5 Å². The summed E-state index contributed by atoms with van der Waals surface area (Å²) in [5.41, 5.74) is 0.996. The lowest BCUT2D eigenvalue weighted by molar-refractivity contribution is -0.116. The average Bonchev–Trinajstić information content (AvgIpc) is 2.54. The number of hydrogen-bond donors (Lipinski definition) is 1. The molecule has 4 nitrogen and oxygen atoms in total. The third-order valence-corrected chi connectivity index (χ3v) is 3.28. The third-order valence-electron chi connectivity index (χ3n) is 3.28. The highest BCUT2D eigenvalue weighted by molar-refractivity contribution is 5.91. The summed E-state index contributed by atoms with van der Waals surface area (Å²) < 4.78 is 24.1. The molecule has 0 fully saturated rings. The fourth-order valence-corrected chi connectivity index (χ4v) is 2.19. The normalized spacial score (nSPS) is 10.1. The van der Waals surface area contributed by atoms with Gasteiger partial charge in [0.15, 0.2) is 0 Å². The van der Waals surface area contributed by atoms with Gasteiger partial charge >= 0.3 is 0 Å². The van der Waals surface area contributed by atoms with Crippen molar-refractivity contribution < 1.29 is 18.7 Å². The van der Waals surface area contributed by atoms with Crippen molar-refractivity contribution in [1.82, 2.24) is 0 Å². The van der Waals surface area contributed by atoms with Crippen LogP contribution in [0.25, 0.3) is 0 Å². The Bertz CT molecular complexity index is 636.